The van der Waals surface area contributed by atoms with Crippen molar-refractivity contribution < 1.29 is 9.50 Å². The summed E-state index contributed by atoms with van der Waals surface area (Å²) < 4.78 is 12.9. The van der Waals surface area contributed by atoms with E-state index < -0.39 is 6.10 Å². The summed E-state index contributed by atoms with van der Waals surface area (Å²) in [6.45, 7) is 2.62. The van der Waals surface area contributed by atoms with Crippen LogP contribution in [-0.4, -0.2) is 11.7 Å². The normalized spacial score (nSPS) is 14.2. The zero-order chi connectivity index (χ0) is 14.4. The first-order valence-corrected chi connectivity index (χ1v) is 7.79. The molecule has 0 saturated heterocycles. The van der Waals surface area contributed by atoms with Crippen LogP contribution in [0, 0.1) is 5.82 Å². The second kappa shape index (κ2) is 7.53. The third kappa shape index (κ3) is 4.13. The highest BCUT2D eigenvalue weighted by atomic mass is 32.1. The first kappa shape index (κ1) is 15.2. The maximum absolute atomic E-state index is 12.9. The van der Waals surface area contributed by atoms with E-state index in [0.717, 1.165) is 18.4 Å². The maximum atomic E-state index is 12.9. The van der Waals surface area contributed by atoms with Crippen LogP contribution in [0.2, 0.25) is 0 Å². The summed E-state index contributed by atoms with van der Waals surface area (Å²) in [6, 6.07) is 10.4. The van der Waals surface area contributed by atoms with Gasteiger partial charge in [0.2, 0.25) is 0 Å². The van der Waals surface area contributed by atoms with Crippen molar-refractivity contribution >= 4 is 11.3 Å². The van der Waals surface area contributed by atoms with E-state index in [1.807, 2.05) is 6.07 Å². The molecule has 2 rings (SSSR count). The highest BCUT2D eigenvalue weighted by Gasteiger charge is 2.14. The fourth-order valence-electron chi connectivity index (χ4n) is 2.18. The summed E-state index contributed by atoms with van der Waals surface area (Å²) in [7, 11) is 0. The Kier molecular flexibility index (Phi) is 5.71. The van der Waals surface area contributed by atoms with Crippen LogP contribution in [0.15, 0.2) is 41.8 Å². The molecule has 0 fully saturated rings. The minimum atomic E-state index is -0.616. The second-order valence-corrected chi connectivity index (χ2v) is 5.81. The quantitative estimate of drug-likeness (QED) is 0.807. The molecule has 2 nitrogen and oxygen atoms in total. The number of hydrogen-bond donors (Lipinski definition) is 2. The molecule has 0 amide bonds. The van der Waals surface area contributed by atoms with E-state index in [2.05, 4.69) is 23.7 Å². The summed E-state index contributed by atoms with van der Waals surface area (Å²) >= 11 is 1.73. The van der Waals surface area contributed by atoms with E-state index in [4.69, 9.17) is 0 Å². The van der Waals surface area contributed by atoms with E-state index in [9.17, 15) is 9.50 Å². The Labute approximate surface area is 123 Å². The van der Waals surface area contributed by atoms with Crippen LogP contribution in [0.1, 0.15) is 42.4 Å². The highest BCUT2D eigenvalue weighted by Crippen LogP contribution is 2.24. The first-order chi connectivity index (χ1) is 9.70. The van der Waals surface area contributed by atoms with Crippen molar-refractivity contribution in [1.29, 1.82) is 0 Å². The number of aliphatic hydroxyl groups is 1. The number of hydrogen-bond acceptors (Lipinski definition) is 3. The Hall–Kier alpha value is -1.23. The van der Waals surface area contributed by atoms with E-state index in [-0.39, 0.29) is 11.9 Å². The third-order valence-corrected chi connectivity index (χ3v) is 4.26. The van der Waals surface area contributed by atoms with Crippen molar-refractivity contribution in [3.8, 4) is 0 Å². The Balaban J connectivity index is 1.93. The number of nitrogens with one attached hydrogen (secondary N) is 1. The molecular weight excluding hydrogens is 273 g/mol. The maximum Gasteiger partial charge on any atom is 0.123 e. The second-order valence-electron chi connectivity index (χ2n) is 4.83. The highest BCUT2D eigenvalue weighted by molar-refractivity contribution is 7.10. The Morgan fingerprint density at radius 1 is 1.25 bits per heavy atom. The molecule has 0 aliphatic heterocycles. The van der Waals surface area contributed by atoms with Gasteiger partial charge in [0.1, 0.15) is 5.82 Å². The van der Waals surface area contributed by atoms with Crippen LogP contribution in [0.4, 0.5) is 4.39 Å². The lowest BCUT2D eigenvalue weighted by molar-refractivity contribution is 0.169. The van der Waals surface area contributed by atoms with Gasteiger partial charge in [-0.15, -0.1) is 11.3 Å². The summed E-state index contributed by atoms with van der Waals surface area (Å²) in [4.78, 5) is 1.29. The average molecular weight is 293 g/mol. The minimum Gasteiger partial charge on any atom is -0.387 e. The van der Waals surface area contributed by atoms with Crippen molar-refractivity contribution in [3.63, 3.8) is 0 Å². The lowest BCUT2D eigenvalue weighted by Crippen LogP contribution is -2.26. The van der Waals surface area contributed by atoms with Gasteiger partial charge in [0, 0.05) is 17.5 Å². The van der Waals surface area contributed by atoms with Gasteiger partial charge in [-0.1, -0.05) is 31.5 Å². The fourth-order valence-corrected chi connectivity index (χ4v) is 3.02. The summed E-state index contributed by atoms with van der Waals surface area (Å²) in [5.74, 6) is -0.281. The van der Waals surface area contributed by atoms with Crippen LogP contribution < -0.4 is 5.32 Å². The molecule has 2 N–H and O–H groups in total. The van der Waals surface area contributed by atoms with Crippen molar-refractivity contribution in [1.82, 2.24) is 5.32 Å². The molecule has 1 aromatic heterocycles. The zero-order valence-corrected chi connectivity index (χ0v) is 12.4. The predicted molar refractivity (Wildman–Crippen MR) is 81.3 cm³/mol. The summed E-state index contributed by atoms with van der Waals surface area (Å²) in [5.41, 5.74) is 0.736. The van der Waals surface area contributed by atoms with Crippen LogP contribution in [0.3, 0.4) is 0 Å². The van der Waals surface area contributed by atoms with Crippen molar-refractivity contribution in [3.05, 3.63) is 58.0 Å². The number of halogens is 1. The number of benzene rings is 1. The van der Waals surface area contributed by atoms with Crippen molar-refractivity contribution in [2.45, 2.75) is 31.9 Å². The van der Waals surface area contributed by atoms with E-state index >= 15 is 0 Å². The lowest BCUT2D eigenvalue weighted by atomic mass is 10.1. The van der Waals surface area contributed by atoms with E-state index in [0.29, 0.717) is 6.54 Å². The lowest BCUT2D eigenvalue weighted by Gasteiger charge is -2.19. The number of aliphatic hydroxyl groups excluding tert-OH is 1. The Morgan fingerprint density at radius 2 is 2.00 bits per heavy atom. The molecule has 20 heavy (non-hydrogen) atoms. The molecule has 0 spiro atoms. The van der Waals surface area contributed by atoms with Gasteiger partial charge in [0.25, 0.3) is 0 Å². The van der Waals surface area contributed by atoms with Crippen LogP contribution in [-0.2, 0) is 0 Å². The van der Waals surface area contributed by atoms with Gasteiger partial charge in [-0.25, -0.2) is 4.39 Å². The molecule has 0 radical (unpaired) electrons. The van der Waals surface area contributed by atoms with Crippen LogP contribution in [0.25, 0.3) is 0 Å². The molecule has 4 heteroatoms. The summed E-state index contributed by atoms with van der Waals surface area (Å²) in [6.07, 6.45) is 1.51. The topological polar surface area (TPSA) is 32.3 Å². The minimum absolute atomic E-state index is 0.273. The van der Waals surface area contributed by atoms with Gasteiger partial charge in [-0.05, 0) is 35.6 Å². The first-order valence-electron chi connectivity index (χ1n) is 6.91. The van der Waals surface area contributed by atoms with E-state index in [1.165, 1.54) is 17.0 Å². The molecule has 0 bridgehead atoms. The van der Waals surface area contributed by atoms with Gasteiger partial charge in [-0.3, -0.25) is 0 Å². The van der Waals surface area contributed by atoms with Gasteiger partial charge in [0.15, 0.2) is 0 Å². The van der Waals surface area contributed by atoms with E-state index in [1.54, 1.807) is 23.5 Å². The van der Waals surface area contributed by atoms with Gasteiger partial charge >= 0.3 is 0 Å². The molecule has 2 aromatic rings. The standard InChI is InChI=1S/C16H20FNOS/c1-2-4-14(16-5-3-10-20-16)18-11-15(19)12-6-8-13(17)9-7-12/h3,5-10,14-15,18-19H,2,4,11H2,1H3. The van der Waals surface area contributed by atoms with Gasteiger partial charge in [0.05, 0.1) is 6.10 Å². The molecule has 0 aliphatic carbocycles. The largest absolute Gasteiger partial charge is 0.387 e. The monoisotopic (exact) mass is 293 g/mol. The third-order valence-electron chi connectivity index (χ3n) is 3.28. The van der Waals surface area contributed by atoms with Crippen LogP contribution in [0.5, 0.6) is 0 Å². The molecule has 1 heterocycles. The number of rotatable bonds is 7. The molecule has 1 aromatic carbocycles. The zero-order valence-electron chi connectivity index (χ0n) is 11.6. The predicted octanol–water partition coefficient (Wildman–Crippen LogP) is 4.05. The molecular formula is C16H20FNOS. The number of thiophene rings is 1. The average Bonchev–Trinajstić information content (AvgIpc) is 2.98. The van der Waals surface area contributed by atoms with Crippen LogP contribution >= 0.6 is 11.3 Å². The van der Waals surface area contributed by atoms with Gasteiger partial charge in [-0.2, -0.15) is 0 Å². The molecule has 2 unspecified atom stereocenters. The Morgan fingerprint density at radius 3 is 2.60 bits per heavy atom. The Bertz CT molecular complexity index is 498. The molecule has 108 valence electrons. The van der Waals surface area contributed by atoms with Gasteiger partial charge < -0.3 is 10.4 Å². The summed E-state index contributed by atoms with van der Waals surface area (Å²) in [5, 5.41) is 15.6. The SMILES string of the molecule is CCCC(NCC(O)c1ccc(F)cc1)c1cccs1. The van der Waals surface area contributed by atoms with Crippen molar-refractivity contribution in [2.75, 3.05) is 6.54 Å². The molecule has 2 atom stereocenters. The fraction of sp³-hybridized carbons (Fsp3) is 0.375. The smallest absolute Gasteiger partial charge is 0.123 e. The molecule has 0 saturated carbocycles. The molecule has 0 aliphatic rings. The van der Waals surface area contributed by atoms with Crippen molar-refractivity contribution in [2.24, 2.45) is 0 Å².